The van der Waals surface area contributed by atoms with Gasteiger partial charge in [0.05, 0.1) is 15.9 Å². The molecule has 4 rings (SSSR count). The lowest BCUT2D eigenvalue weighted by Gasteiger charge is -2.14. The van der Waals surface area contributed by atoms with Crippen molar-refractivity contribution in [3.8, 4) is 11.1 Å². The van der Waals surface area contributed by atoms with Crippen LogP contribution >= 0.6 is 0 Å². The summed E-state index contributed by atoms with van der Waals surface area (Å²) >= 11 is 0. The van der Waals surface area contributed by atoms with Crippen LogP contribution in [-0.2, 0) is 14.8 Å². The van der Waals surface area contributed by atoms with E-state index in [9.17, 15) is 33.4 Å². The molecule has 168 valence electrons. The zero-order chi connectivity index (χ0) is 23.8. The molecule has 0 saturated carbocycles. The maximum Gasteiger partial charge on any atom is 0.421 e. The summed E-state index contributed by atoms with van der Waals surface area (Å²) in [5.41, 5.74) is 2.10. The number of nitrogens with one attached hydrogen (secondary N) is 1. The van der Waals surface area contributed by atoms with E-state index in [2.05, 4.69) is 0 Å². The van der Waals surface area contributed by atoms with Gasteiger partial charge in [-0.05, 0) is 28.3 Å². The smallest absolute Gasteiger partial charge is 0.421 e. The molecule has 0 unspecified atom stereocenters. The third-order valence-electron chi connectivity index (χ3n) is 5.20. The fraction of sp³-hybridized carbons (Fsp3) is 0.0952. The van der Waals surface area contributed by atoms with Gasteiger partial charge in [0.1, 0.15) is 6.61 Å². The van der Waals surface area contributed by atoms with Crippen LogP contribution in [0.4, 0.5) is 16.2 Å². The SMILES string of the molecule is O=C(NS(=O)(=O)c1ccc([N+](=O)[O-])cc1[N+](=O)[O-])OCC1c2ccccc2-c2ccccc21. The maximum atomic E-state index is 12.6. The Bertz CT molecular complexity index is 1360. The van der Waals surface area contributed by atoms with Crippen molar-refractivity contribution in [1.29, 1.82) is 0 Å². The monoisotopic (exact) mass is 469 g/mol. The van der Waals surface area contributed by atoms with Gasteiger partial charge in [0.15, 0.2) is 4.90 Å². The second-order valence-corrected chi connectivity index (χ2v) is 8.75. The predicted octanol–water partition coefficient (Wildman–Crippen LogP) is 3.73. The first-order chi connectivity index (χ1) is 15.7. The Morgan fingerprint density at radius 2 is 1.48 bits per heavy atom. The van der Waals surface area contributed by atoms with Gasteiger partial charge in [-0.15, -0.1) is 0 Å². The maximum absolute atomic E-state index is 12.6. The molecule has 0 saturated heterocycles. The quantitative estimate of drug-likeness (QED) is 0.422. The summed E-state index contributed by atoms with van der Waals surface area (Å²) in [6.07, 6.45) is -1.33. The molecule has 33 heavy (non-hydrogen) atoms. The minimum atomic E-state index is -4.73. The van der Waals surface area contributed by atoms with Crippen LogP contribution in [0.25, 0.3) is 11.1 Å². The predicted molar refractivity (Wildman–Crippen MR) is 115 cm³/mol. The van der Waals surface area contributed by atoms with Gasteiger partial charge in [-0.2, -0.15) is 0 Å². The van der Waals surface area contributed by atoms with Crippen LogP contribution < -0.4 is 4.72 Å². The lowest BCUT2D eigenvalue weighted by molar-refractivity contribution is -0.396. The van der Waals surface area contributed by atoms with Crippen molar-refractivity contribution in [3.63, 3.8) is 0 Å². The molecule has 3 aromatic rings. The fourth-order valence-corrected chi connectivity index (χ4v) is 4.83. The third-order valence-corrected chi connectivity index (χ3v) is 6.56. The van der Waals surface area contributed by atoms with Crippen LogP contribution in [0.1, 0.15) is 17.0 Å². The first-order valence-corrected chi connectivity index (χ1v) is 11.0. The van der Waals surface area contributed by atoms with Gasteiger partial charge >= 0.3 is 6.09 Å². The highest BCUT2D eigenvalue weighted by atomic mass is 32.2. The Labute approximate surface area is 187 Å². The van der Waals surface area contributed by atoms with Crippen LogP contribution in [0.5, 0.6) is 0 Å². The summed E-state index contributed by atoms with van der Waals surface area (Å²) in [6.45, 7) is -0.169. The van der Waals surface area contributed by atoms with Crippen LogP contribution in [0.2, 0.25) is 0 Å². The van der Waals surface area contributed by atoms with E-state index in [4.69, 9.17) is 4.74 Å². The largest absolute Gasteiger partial charge is 0.448 e. The van der Waals surface area contributed by atoms with Crippen molar-refractivity contribution in [2.45, 2.75) is 10.8 Å². The standard InChI is InChI=1S/C21H15N3O8S/c25-21(22-33(30,31)20-10-9-13(23(26)27)11-19(20)24(28)29)32-12-18-16-7-3-1-5-14(16)15-6-2-4-8-17(15)18/h1-11,18H,12H2,(H,22,25). The molecule has 1 aliphatic carbocycles. The van der Waals surface area contributed by atoms with Gasteiger partial charge in [0.2, 0.25) is 0 Å². The van der Waals surface area contributed by atoms with Gasteiger partial charge in [0, 0.05) is 12.0 Å². The van der Waals surface area contributed by atoms with E-state index in [0.29, 0.717) is 12.1 Å². The molecule has 0 atom stereocenters. The minimum absolute atomic E-state index is 0.169. The number of amides is 1. The molecule has 1 N–H and O–H groups in total. The average Bonchev–Trinajstić information content (AvgIpc) is 3.10. The van der Waals surface area contributed by atoms with Crippen molar-refractivity contribution in [1.82, 2.24) is 4.72 Å². The second-order valence-electron chi connectivity index (χ2n) is 7.10. The number of nitro groups is 2. The Morgan fingerprint density at radius 3 is 2.03 bits per heavy atom. The van der Waals surface area contributed by atoms with Gasteiger partial charge in [-0.1, -0.05) is 48.5 Å². The van der Waals surface area contributed by atoms with Crippen molar-refractivity contribution >= 4 is 27.5 Å². The first-order valence-electron chi connectivity index (χ1n) is 9.49. The van der Waals surface area contributed by atoms with E-state index in [-0.39, 0.29) is 12.5 Å². The number of non-ortho nitro benzene ring substituents is 1. The highest BCUT2D eigenvalue weighted by molar-refractivity contribution is 7.90. The number of carbonyl (C=O) groups is 1. The topological polar surface area (TPSA) is 159 Å². The Kier molecular flexibility index (Phi) is 5.52. The molecule has 1 amide bonds. The first kappa shape index (κ1) is 21.9. The van der Waals surface area contributed by atoms with Gasteiger partial charge in [-0.25, -0.2) is 17.9 Å². The number of benzene rings is 3. The van der Waals surface area contributed by atoms with Crippen LogP contribution in [0, 0.1) is 20.2 Å². The molecule has 1 aliphatic rings. The van der Waals surface area contributed by atoms with Crippen LogP contribution in [-0.4, -0.2) is 31.0 Å². The number of rotatable bonds is 6. The van der Waals surface area contributed by atoms with Gasteiger partial charge in [-0.3, -0.25) is 20.2 Å². The zero-order valence-corrected chi connectivity index (χ0v) is 17.5. The highest BCUT2D eigenvalue weighted by Gasteiger charge is 2.32. The number of nitro benzene ring substituents is 2. The molecule has 0 aromatic heterocycles. The summed E-state index contributed by atoms with van der Waals surface area (Å²) in [7, 11) is -4.73. The summed E-state index contributed by atoms with van der Waals surface area (Å²) in [6, 6.07) is 17.1. The Morgan fingerprint density at radius 1 is 0.909 bits per heavy atom. The molecule has 0 heterocycles. The van der Waals surface area contributed by atoms with E-state index in [1.54, 1.807) is 4.72 Å². The zero-order valence-electron chi connectivity index (χ0n) is 16.7. The number of ether oxygens (including phenoxy) is 1. The third kappa shape index (κ3) is 4.11. The summed E-state index contributed by atoms with van der Waals surface area (Å²) in [5.74, 6) is -0.320. The lowest BCUT2D eigenvalue weighted by Crippen LogP contribution is -2.32. The molecular formula is C21H15N3O8S. The normalized spacial score (nSPS) is 12.5. The van der Waals surface area contributed by atoms with Gasteiger partial charge in [0.25, 0.3) is 21.4 Å². The second kappa shape index (κ2) is 8.31. The van der Waals surface area contributed by atoms with E-state index in [1.807, 2.05) is 48.5 Å². The van der Waals surface area contributed by atoms with Crippen molar-refractivity contribution in [2.24, 2.45) is 0 Å². The average molecular weight is 469 g/mol. The fourth-order valence-electron chi connectivity index (χ4n) is 3.78. The molecule has 0 radical (unpaired) electrons. The molecule has 0 spiro atoms. The Balaban J connectivity index is 1.53. The lowest BCUT2D eigenvalue weighted by atomic mass is 9.98. The van der Waals surface area contributed by atoms with E-state index in [1.165, 1.54) is 0 Å². The number of hydrogen-bond donors (Lipinski definition) is 1. The summed E-state index contributed by atoms with van der Waals surface area (Å²) in [4.78, 5) is 31.5. The Hall–Kier alpha value is -4.32. The number of hydrogen-bond acceptors (Lipinski definition) is 8. The molecule has 12 heteroatoms. The number of sulfonamides is 1. The molecular weight excluding hydrogens is 454 g/mol. The van der Waals surface area contributed by atoms with Crippen molar-refractivity contribution in [2.75, 3.05) is 6.61 Å². The molecule has 11 nitrogen and oxygen atoms in total. The molecule has 0 fully saturated rings. The number of carbonyl (C=O) groups excluding carboxylic acids is 1. The summed E-state index contributed by atoms with van der Waals surface area (Å²) in [5, 5.41) is 22.1. The van der Waals surface area contributed by atoms with Crippen molar-refractivity contribution < 1.29 is 27.8 Å². The van der Waals surface area contributed by atoms with E-state index < -0.39 is 42.2 Å². The van der Waals surface area contributed by atoms with Gasteiger partial charge < -0.3 is 4.74 Å². The molecule has 3 aromatic carbocycles. The molecule has 0 bridgehead atoms. The highest BCUT2D eigenvalue weighted by Crippen LogP contribution is 2.44. The van der Waals surface area contributed by atoms with Crippen LogP contribution in [0.3, 0.4) is 0 Å². The summed E-state index contributed by atoms with van der Waals surface area (Å²) < 4.78 is 31.9. The number of nitrogens with zero attached hydrogens (tertiary/aromatic N) is 2. The van der Waals surface area contributed by atoms with E-state index >= 15 is 0 Å². The van der Waals surface area contributed by atoms with Crippen molar-refractivity contribution in [3.05, 3.63) is 98.1 Å². The number of fused-ring (bicyclic) bond motifs is 3. The molecule has 0 aliphatic heterocycles. The minimum Gasteiger partial charge on any atom is -0.448 e. The van der Waals surface area contributed by atoms with Crippen LogP contribution in [0.15, 0.2) is 71.6 Å². The van der Waals surface area contributed by atoms with E-state index in [0.717, 1.165) is 28.3 Å².